The van der Waals surface area contributed by atoms with Gasteiger partial charge in [0.2, 0.25) is 0 Å². The molecular formula is C27H38O3. The van der Waals surface area contributed by atoms with E-state index in [1.54, 1.807) is 7.11 Å². The number of benzene rings is 1. The number of ether oxygens (including phenoxy) is 1. The lowest BCUT2D eigenvalue weighted by Gasteiger charge is -2.60. The molecule has 0 unspecified atom stereocenters. The van der Waals surface area contributed by atoms with Gasteiger partial charge in [0.05, 0.1) is 19.3 Å². The van der Waals surface area contributed by atoms with Crippen molar-refractivity contribution in [2.75, 3.05) is 7.11 Å². The first kappa shape index (κ1) is 20.6. The monoisotopic (exact) mass is 410 g/mol. The fourth-order valence-electron chi connectivity index (χ4n) is 8.15. The SMILES string of the molecule is COc1ccc(/C=C2\C[C@H]3[C@@H]4CC[C@H]5C[C@@H](O)CC[C@]5(C)[C@H]4CC[C@]3(C)[C@H]2O)cc1. The summed E-state index contributed by atoms with van der Waals surface area (Å²) < 4.78 is 5.29. The van der Waals surface area contributed by atoms with E-state index >= 15 is 0 Å². The van der Waals surface area contributed by atoms with Crippen molar-refractivity contribution in [2.24, 2.45) is 34.5 Å². The van der Waals surface area contributed by atoms with E-state index in [9.17, 15) is 10.2 Å². The predicted octanol–water partition coefficient (Wildman–Crippen LogP) is 5.45. The van der Waals surface area contributed by atoms with Crippen LogP contribution in [0.25, 0.3) is 6.08 Å². The van der Waals surface area contributed by atoms with E-state index in [-0.39, 0.29) is 17.6 Å². The van der Waals surface area contributed by atoms with E-state index in [1.165, 1.54) is 31.3 Å². The maximum atomic E-state index is 11.4. The molecule has 8 atom stereocenters. The second-order valence-corrected chi connectivity index (χ2v) is 11.2. The molecule has 0 aliphatic heterocycles. The van der Waals surface area contributed by atoms with Gasteiger partial charge in [-0.3, -0.25) is 0 Å². The highest BCUT2D eigenvalue weighted by Crippen LogP contribution is 2.67. The summed E-state index contributed by atoms with van der Waals surface area (Å²) in [5, 5.41) is 21.6. The molecule has 0 amide bonds. The summed E-state index contributed by atoms with van der Waals surface area (Å²) in [6.45, 7) is 4.88. The van der Waals surface area contributed by atoms with Crippen molar-refractivity contribution >= 4 is 6.08 Å². The van der Waals surface area contributed by atoms with E-state index < -0.39 is 0 Å². The van der Waals surface area contributed by atoms with Gasteiger partial charge in [-0.15, -0.1) is 0 Å². The number of fused-ring (bicyclic) bond motifs is 5. The summed E-state index contributed by atoms with van der Waals surface area (Å²) in [6.07, 6.45) is 10.9. The zero-order valence-corrected chi connectivity index (χ0v) is 18.8. The van der Waals surface area contributed by atoms with Crippen molar-refractivity contribution < 1.29 is 14.9 Å². The van der Waals surface area contributed by atoms with Crippen molar-refractivity contribution in [3.63, 3.8) is 0 Å². The quantitative estimate of drug-likeness (QED) is 0.681. The molecule has 4 fully saturated rings. The van der Waals surface area contributed by atoms with Crippen molar-refractivity contribution in [2.45, 2.75) is 77.4 Å². The standard InChI is InChI=1S/C27H38O3/c1-26-12-10-20(28)16-19(26)6-9-22-23(26)11-13-27(2)24(22)15-18(25(27)29)14-17-4-7-21(30-3)8-5-17/h4-5,7-8,14,19-20,22-25,28-29H,6,9-13,15-16H2,1-3H3/b18-14+/t19-,20-,22+,23-,24-,25-,26-,27-/m0/s1. The largest absolute Gasteiger partial charge is 0.497 e. The van der Waals surface area contributed by atoms with Crippen LogP contribution in [0.15, 0.2) is 29.8 Å². The van der Waals surface area contributed by atoms with Crippen LogP contribution in [-0.2, 0) is 0 Å². The van der Waals surface area contributed by atoms with Gasteiger partial charge in [-0.1, -0.05) is 32.1 Å². The molecule has 3 nitrogen and oxygen atoms in total. The molecule has 4 saturated carbocycles. The number of hydrogen-bond acceptors (Lipinski definition) is 3. The van der Waals surface area contributed by atoms with E-state index in [1.807, 2.05) is 12.1 Å². The Bertz CT molecular complexity index is 814. The molecule has 4 aliphatic carbocycles. The molecule has 3 heteroatoms. The third-order valence-electron chi connectivity index (χ3n) is 9.98. The number of methoxy groups -OCH3 is 1. The molecule has 0 saturated heterocycles. The Balaban J connectivity index is 1.41. The Morgan fingerprint density at radius 1 is 0.933 bits per heavy atom. The summed E-state index contributed by atoms with van der Waals surface area (Å²) in [4.78, 5) is 0. The summed E-state index contributed by atoms with van der Waals surface area (Å²) in [5.41, 5.74) is 2.77. The molecule has 2 N–H and O–H groups in total. The van der Waals surface area contributed by atoms with Crippen LogP contribution in [0.5, 0.6) is 5.75 Å². The van der Waals surface area contributed by atoms with Gasteiger partial charge < -0.3 is 14.9 Å². The highest BCUT2D eigenvalue weighted by Gasteiger charge is 2.61. The van der Waals surface area contributed by atoms with Crippen LogP contribution < -0.4 is 4.74 Å². The molecular weight excluding hydrogens is 372 g/mol. The van der Waals surface area contributed by atoms with Gasteiger partial charge in [0.25, 0.3) is 0 Å². The molecule has 0 bridgehead atoms. The number of hydrogen-bond donors (Lipinski definition) is 2. The minimum absolute atomic E-state index is 0.0108. The molecule has 0 aromatic heterocycles. The van der Waals surface area contributed by atoms with E-state index in [4.69, 9.17) is 4.74 Å². The van der Waals surface area contributed by atoms with E-state index in [2.05, 4.69) is 32.1 Å². The maximum absolute atomic E-state index is 11.4. The zero-order chi connectivity index (χ0) is 21.1. The molecule has 1 aromatic rings. The fraction of sp³-hybridized carbons (Fsp3) is 0.704. The van der Waals surface area contributed by atoms with Crippen molar-refractivity contribution in [1.82, 2.24) is 0 Å². The van der Waals surface area contributed by atoms with Crippen LogP contribution in [0.3, 0.4) is 0 Å². The molecule has 0 radical (unpaired) electrons. The number of aliphatic hydroxyl groups excluding tert-OH is 2. The van der Waals surface area contributed by atoms with Crippen molar-refractivity contribution in [1.29, 1.82) is 0 Å². The molecule has 30 heavy (non-hydrogen) atoms. The minimum Gasteiger partial charge on any atom is -0.497 e. The smallest absolute Gasteiger partial charge is 0.118 e. The van der Waals surface area contributed by atoms with Crippen LogP contribution in [0.1, 0.15) is 70.8 Å². The first-order valence-electron chi connectivity index (χ1n) is 12.1. The maximum Gasteiger partial charge on any atom is 0.118 e. The third-order valence-corrected chi connectivity index (χ3v) is 9.98. The normalized spacial score (nSPS) is 46.8. The molecule has 1 aromatic carbocycles. The van der Waals surface area contributed by atoms with Crippen LogP contribution in [0, 0.1) is 34.5 Å². The molecule has 0 spiro atoms. The van der Waals surface area contributed by atoms with Crippen molar-refractivity contribution in [3.05, 3.63) is 35.4 Å². The molecule has 164 valence electrons. The first-order chi connectivity index (χ1) is 14.3. The topological polar surface area (TPSA) is 49.7 Å². The average Bonchev–Trinajstić information content (AvgIpc) is 3.00. The Morgan fingerprint density at radius 3 is 2.40 bits per heavy atom. The average molecular weight is 411 g/mol. The van der Waals surface area contributed by atoms with Crippen molar-refractivity contribution in [3.8, 4) is 5.75 Å². The van der Waals surface area contributed by atoms with Gasteiger partial charge in [0.1, 0.15) is 5.75 Å². The Hall–Kier alpha value is -1.32. The first-order valence-corrected chi connectivity index (χ1v) is 12.1. The summed E-state index contributed by atoms with van der Waals surface area (Å²) in [6, 6.07) is 8.17. The lowest BCUT2D eigenvalue weighted by Crippen LogP contribution is -2.54. The van der Waals surface area contributed by atoms with Crippen LogP contribution in [0.2, 0.25) is 0 Å². The van der Waals surface area contributed by atoms with E-state index in [0.29, 0.717) is 17.3 Å². The lowest BCUT2D eigenvalue weighted by atomic mass is 9.45. The summed E-state index contributed by atoms with van der Waals surface area (Å²) in [5.74, 6) is 3.62. The number of aliphatic hydroxyl groups is 2. The second-order valence-electron chi connectivity index (χ2n) is 11.2. The predicted molar refractivity (Wildman–Crippen MR) is 120 cm³/mol. The van der Waals surface area contributed by atoms with Gasteiger partial charge in [-0.2, -0.15) is 0 Å². The molecule has 5 rings (SSSR count). The Kier molecular flexibility index (Phi) is 5.06. The highest BCUT2D eigenvalue weighted by molar-refractivity contribution is 5.56. The highest BCUT2D eigenvalue weighted by atomic mass is 16.5. The van der Waals surface area contributed by atoms with Gasteiger partial charge >= 0.3 is 0 Å². The summed E-state index contributed by atoms with van der Waals surface area (Å²) in [7, 11) is 1.69. The third kappa shape index (κ3) is 3.07. The van der Waals surface area contributed by atoms with Gasteiger partial charge in [-0.05, 0) is 104 Å². The molecule has 0 heterocycles. The van der Waals surface area contributed by atoms with Crippen LogP contribution >= 0.6 is 0 Å². The van der Waals surface area contributed by atoms with Gasteiger partial charge in [-0.25, -0.2) is 0 Å². The lowest BCUT2D eigenvalue weighted by molar-refractivity contribution is -0.133. The van der Waals surface area contributed by atoms with Crippen LogP contribution in [-0.4, -0.2) is 29.5 Å². The second kappa shape index (κ2) is 7.38. The molecule has 4 aliphatic rings. The van der Waals surface area contributed by atoms with Gasteiger partial charge in [0.15, 0.2) is 0 Å². The fourth-order valence-corrected chi connectivity index (χ4v) is 8.15. The van der Waals surface area contributed by atoms with Crippen LogP contribution in [0.4, 0.5) is 0 Å². The Morgan fingerprint density at radius 2 is 1.67 bits per heavy atom. The zero-order valence-electron chi connectivity index (χ0n) is 18.8. The Labute approximate surface area is 181 Å². The van der Waals surface area contributed by atoms with Gasteiger partial charge in [0, 0.05) is 5.41 Å². The summed E-state index contributed by atoms with van der Waals surface area (Å²) >= 11 is 0. The minimum atomic E-state index is -0.329. The number of rotatable bonds is 2. The van der Waals surface area contributed by atoms with E-state index in [0.717, 1.165) is 48.8 Å².